The molecule has 2 saturated heterocycles. The molecule has 4 aliphatic rings. The topological polar surface area (TPSA) is 182 Å². The highest BCUT2D eigenvalue weighted by atomic mass is 32.2. The molecule has 2 aromatic rings. The number of hydrogen-bond acceptors (Lipinski definition) is 10. The molecule has 0 radical (unpaired) electrons. The number of fused-ring (bicyclic) bond motifs is 3. The lowest BCUT2D eigenvalue weighted by Crippen LogP contribution is -2.59. The van der Waals surface area contributed by atoms with E-state index in [-0.39, 0.29) is 36.9 Å². The number of benzene rings is 1. The fourth-order valence-corrected chi connectivity index (χ4v) is 9.26. The summed E-state index contributed by atoms with van der Waals surface area (Å²) in [5.74, 6) is -3.66. The van der Waals surface area contributed by atoms with E-state index >= 15 is 0 Å². The Hall–Kier alpha value is -4.35. The van der Waals surface area contributed by atoms with E-state index in [1.807, 2.05) is 6.92 Å². The number of amides is 4. The predicted molar refractivity (Wildman–Crippen MR) is 201 cm³/mol. The number of sulfonamides is 1. The first-order valence-electron chi connectivity index (χ1n) is 20.7. The van der Waals surface area contributed by atoms with Crippen molar-refractivity contribution in [2.75, 3.05) is 13.6 Å². The van der Waals surface area contributed by atoms with Gasteiger partial charge in [-0.1, -0.05) is 51.3 Å². The summed E-state index contributed by atoms with van der Waals surface area (Å²) in [6, 6.07) is 3.66. The van der Waals surface area contributed by atoms with E-state index in [0.717, 1.165) is 4.90 Å². The summed E-state index contributed by atoms with van der Waals surface area (Å²) >= 11 is 0. The van der Waals surface area contributed by atoms with Crippen LogP contribution >= 0.6 is 0 Å². The summed E-state index contributed by atoms with van der Waals surface area (Å²) in [6.45, 7) is 6.19. The largest absolute Gasteiger partial charge is 0.494 e. The van der Waals surface area contributed by atoms with Crippen molar-refractivity contribution in [1.29, 1.82) is 0 Å². The van der Waals surface area contributed by atoms with E-state index in [1.54, 1.807) is 31.2 Å². The number of carbonyl (C=O) groups excluding carboxylic acids is 4. The number of carbonyl (C=O) groups is 4. The second-order valence-electron chi connectivity index (χ2n) is 16.9. The molecule has 18 heteroatoms. The van der Waals surface area contributed by atoms with Crippen molar-refractivity contribution in [1.82, 2.24) is 25.2 Å². The van der Waals surface area contributed by atoms with Crippen molar-refractivity contribution in [2.45, 2.75) is 133 Å². The maximum Gasteiger partial charge on any atom is 0.427 e. The molecule has 1 aromatic heterocycles. The minimum Gasteiger partial charge on any atom is -0.494 e. The fraction of sp³-hybridized carbons (Fsp3) is 0.667. The molecule has 3 heterocycles. The maximum atomic E-state index is 14.8. The van der Waals surface area contributed by atoms with Crippen LogP contribution in [0.2, 0.25) is 0 Å². The van der Waals surface area contributed by atoms with Crippen LogP contribution in [0.3, 0.4) is 0 Å². The highest BCUT2D eigenvalue weighted by Crippen LogP contribution is 2.49. The molecule has 7 atom stereocenters. The van der Waals surface area contributed by atoms with Gasteiger partial charge in [-0.05, 0) is 76.7 Å². The van der Waals surface area contributed by atoms with Gasteiger partial charge < -0.3 is 29.7 Å². The molecule has 2 saturated carbocycles. The molecule has 6 rings (SSSR count). The van der Waals surface area contributed by atoms with Crippen molar-refractivity contribution in [3.8, 4) is 11.6 Å². The molecule has 0 spiro atoms. The lowest BCUT2D eigenvalue weighted by atomic mass is 9.87. The third-order valence-corrected chi connectivity index (χ3v) is 14.2. The number of hydrogen-bond donors (Lipinski definition) is 3. The molecule has 14 nitrogen and oxygen atoms in total. The van der Waals surface area contributed by atoms with E-state index < -0.39 is 93.0 Å². The van der Waals surface area contributed by atoms with Crippen LogP contribution in [-0.2, 0) is 29.1 Å². The fourth-order valence-electron chi connectivity index (χ4n) is 7.94. The molecule has 2 aliphatic heterocycles. The summed E-state index contributed by atoms with van der Waals surface area (Å²) in [7, 11) is -6.88. The Morgan fingerprint density at radius 3 is 2.42 bits per heavy atom. The van der Waals surface area contributed by atoms with Gasteiger partial charge in [0.2, 0.25) is 33.3 Å². The predicted octanol–water partition coefficient (Wildman–Crippen LogP) is 5.14. The number of pyridine rings is 1. The highest BCUT2D eigenvalue weighted by molar-refractivity contribution is 7.91. The summed E-state index contributed by atoms with van der Waals surface area (Å²) in [6.07, 6.45) is -2.70. The second kappa shape index (κ2) is 15.4. The van der Waals surface area contributed by atoms with Crippen LogP contribution in [0.1, 0.15) is 96.5 Å². The first kappa shape index (κ1) is 38.2. The SMILES string of the molecule is [2H]C([2H])([2H])Oc1cnc(O[C@@H]2C[C@H]3C(=O)N[C@]4(C(=O)NS(=O)(=O)C5(C)CC5)C[C@H]4CCCC[C@H](C)C[C@@H](C)[C@H](NC(=O)OC(C)(C)C(F)(F)F)C(=O)N3C2)c2ccccc12. The zero-order chi connectivity index (χ0) is 44.2. The Labute approximate surface area is 334 Å². The number of aromatic nitrogens is 1. The first-order valence-corrected chi connectivity index (χ1v) is 20.7. The van der Waals surface area contributed by atoms with Crippen molar-refractivity contribution >= 4 is 44.6 Å². The Kier molecular flexibility index (Phi) is 10.3. The van der Waals surface area contributed by atoms with Crippen molar-refractivity contribution in [3.05, 3.63) is 30.5 Å². The molecule has 4 amide bonds. The standard InChI is InChI=1S/C39H52F3N5O9S/c1-22-11-7-8-12-24-19-38(24,34(50)46-57(52,53)37(5)15-16-37)45-31(48)28-18-25(55-32-27-14-10-9-13-26(27)29(54-6)20-43-32)21-47(28)33(49)30(23(2)17-22)44-35(51)56-36(3,4)39(40,41)42/h9-10,13-14,20,22-25,28,30H,7-8,11-12,15-19,21H2,1-6H3,(H,44,51)(H,45,48)(H,46,50)/t22-,23+,24+,25+,28-,30-,38+/m0/s1/i6D3. The highest BCUT2D eigenvalue weighted by Gasteiger charge is 2.63. The molecule has 314 valence electrons. The van der Waals surface area contributed by atoms with Gasteiger partial charge in [-0.15, -0.1) is 0 Å². The zero-order valence-electron chi connectivity index (χ0n) is 35.5. The van der Waals surface area contributed by atoms with E-state index in [0.29, 0.717) is 69.6 Å². The Bertz CT molecular complexity index is 2120. The molecule has 3 N–H and O–H groups in total. The average molecular weight is 827 g/mol. The number of rotatable bonds is 8. The maximum absolute atomic E-state index is 14.8. The lowest BCUT2D eigenvalue weighted by molar-refractivity contribution is -0.244. The molecular weight excluding hydrogens is 772 g/mol. The van der Waals surface area contributed by atoms with Crippen molar-refractivity contribution < 1.29 is 59.1 Å². The normalized spacial score (nSPS) is 30.5. The third-order valence-electron chi connectivity index (χ3n) is 12.1. The van der Waals surface area contributed by atoms with E-state index in [1.165, 1.54) is 13.1 Å². The van der Waals surface area contributed by atoms with Crippen LogP contribution in [0.4, 0.5) is 18.0 Å². The quantitative estimate of drug-likeness (QED) is 0.323. The van der Waals surface area contributed by atoms with Gasteiger partial charge >= 0.3 is 12.3 Å². The molecule has 0 bridgehead atoms. The number of halogens is 3. The van der Waals surface area contributed by atoms with Gasteiger partial charge in [-0.25, -0.2) is 18.2 Å². The van der Waals surface area contributed by atoms with Gasteiger partial charge in [-0.2, -0.15) is 13.2 Å². The van der Waals surface area contributed by atoms with Gasteiger partial charge in [0.15, 0.2) is 0 Å². The number of alkyl halides is 3. The number of ether oxygens (including phenoxy) is 3. The number of nitrogens with zero attached hydrogens (tertiary/aromatic N) is 2. The van der Waals surface area contributed by atoms with E-state index in [9.17, 15) is 40.8 Å². The monoisotopic (exact) mass is 826 g/mol. The molecule has 57 heavy (non-hydrogen) atoms. The van der Waals surface area contributed by atoms with E-state index in [4.69, 9.17) is 18.3 Å². The Morgan fingerprint density at radius 1 is 1.07 bits per heavy atom. The van der Waals surface area contributed by atoms with Crippen LogP contribution in [0.25, 0.3) is 10.8 Å². The summed E-state index contributed by atoms with van der Waals surface area (Å²) < 4.78 is 108. The van der Waals surface area contributed by atoms with Gasteiger partial charge in [-0.3, -0.25) is 19.1 Å². The summed E-state index contributed by atoms with van der Waals surface area (Å²) in [5, 5.41) is 5.85. The Balaban J connectivity index is 1.35. The van der Waals surface area contributed by atoms with Crippen molar-refractivity contribution in [2.24, 2.45) is 17.8 Å². The van der Waals surface area contributed by atoms with Gasteiger partial charge in [0.1, 0.15) is 29.5 Å². The van der Waals surface area contributed by atoms with Crippen LogP contribution in [0.15, 0.2) is 30.5 Å². The van der Waals surface area contributed by atoms with Crippen LogP contribution in [0, 0.1) is 17.8 Å². The van der Waals surface area contributed by atoms with Crippen LogP contribution in [-0.4, -0.2) is 96.0 Å². The Morgan fingerprint density at radius 2 is 1.75 bits per heavy atom. The summed E-state index contributed by atoms with van der Waals surface area (Å²) in [5.41, 5.74) is -4.52. The number of nitrogens with one attached hydrogen (secondary N) is 3. The lowest BCUT2D eigenvalue weighted by Gasteiger charge is -2.34. The first-order chi connectivity index (χ1) is 27.8. The van der Waals surface area contributed by atoms with Crippen LogP contribution in [0.5, 0.6) is 11.6 Å². The third kappa shape index (κ3) is 8.60. The molecule has 4 fully saturated rings. The van der Waals surface area contributed by atoms with Gasteiger partial charge in [0.05, 0.1) is 28.6 Å². The number of alkyl carbamates (subject to hydrolysis) is 1. The molecule has 2 aliphatic carbocycles. The summed E-state index contributed by atoms with van der Waals surface area (Å²) in [4.78, 5) is 61.9. The molecule has 1 aromatic carbocycles. The minimum atomic E-state index is -4.94. The zero-order valence-corrected chi connectivity index (χ0v) is 33.3. The number of methoxy groups -OCH3 is 1. The molecule has 0 unspecified atom stereocenters. The smallest absolute Gasteiger partial charge is 0.427 e. The molecular formula is C39H52F3N5O9S. The minimum absolute atomic E-state index is 0.0100. The second-order valence-corrected chi connectivity index (χ2v) is 19.1. The van der Waals surface area contributed by atoms with E-state index in [2.05, 4.69) is 20.3 Å². The van der Waals surface area contributed by atoms with Gasteiger partial charge in [0.25, 0.3) is 5.91 Å². The van der Waals surface area contributed by atoms with Crippen molar-refractivity contribution in [3.63, 3.8) is 0 Å². The van der Waals surface area contributed by atoms with Gasteiger partial charge in [0, 0.05) is 17.2 Å². The van der Waals surface area contributed by atoms with Crippen LogP contribution < -0.4 is 24.8 Å². The average Bonchev–Trinajstić information content (AvgIpc) is 4.01.